The number of benzene rings is 1. The van der Waals surface area contributed by atoms with E-state index in [0.29, 0.717) is 6.42 Å². The van der Waals surface area contributed by atoms with Crippen LogP contribution in [0.5, 0.6) is 0 Å². The Morgan fingerprint density at radius 1 is 0.636 bits per heavy atom. The van der Waals surface area contributed by atoms with Crippen molar-refractivity contribution in [1.82, 2.24) is 4.90 Å². The van der Waals surface area contributed by atoms with Gasteiger partial charge in [-0.3, -0.25) is 14.4 Å². The summed E-state index contributed by atoms with van der Waals surface area (Å²) in [7, 11) is 0. The third-order valence-electron chi connectivity index (χ3n) is 8.43. The van der Waals surface area contributed by atoms with E-state index in [-0.39, 0.29) is 56.0 Å². The lowest BCUT2D eigenvalue weighted by atomic mass is 9.95. The van der Waals surface area contributed by atoms with E-state index in [1.165, 1.54) is 12.8 Å². The van der Waals surface area contributed by atoms with Gasteiger partial charge in [-0.05, 0) is 37.7 Å². The van der Waals surface area contributed by atoms with Gasteiger partial charge in [-0.15, -0.1) is 0 Å². The normalized spacial score (nSPS) is 13.2. The van der Waals surface area contributed by atoms with Crippen LogP contribution in [0.2, 0.25) is 0 Å². The molecule has 0 bridgehead atoms. The molecule has 44 heavy (non-hydrogen) atoms. The molecule has 7 heteroatoms. The van der Waals surface area contributed by atoms with E-state index >= 15 is 0 Å². The third-order valence-corrected chi connectivity index (χ3v) is 8.43. The Kier molecular flexibility index (Phi) is 23.3. The van der Waals surface area contributed by atoms with E-state index in [0.717, 1.165) is 95.5 Å². The minimum atomic E-state index is -0.740. The van der Waals surface area contributed by atoms with Gasteiger partial charge in [0.2, 0.25) is 5.91 Å². The first-order valence-corrected chi connectivity index (χ1v) is 17.8. The van der Waals surface area contributed by atoms with Crippen LogP contribution in [0.4, 0.5) is 0 Å². The highest BCUT2D eigenvalue weighted by Crippen LogP contribution is 2.20. The summed E-state index contributed by atoms with van der Waals surface area (Å²) < 4.78 is 11.5. The Balaban J connectivity index is 2.81. The molecule has 0 aliphatic rings. The zero-order chi connectivity index (χ0) is 32.4. The Bertz CT molecular complexity index is 836. The van der Waals surface area contributed by atoms with E-state index in [4.69, 9.17) is 15.2 Å². The number of amides is 1. The Morgan fingerprint density at radius 2 is 1.07 bits per heavy atom. The minimum absolute atomic E-state index is 0.102. The fourth-order valence-electron chi connectivity index (χ4n) is 5.57. The molecule has 0 saturated carbocycles. The van der Waals surface area contributed by atoms with Gasteiger partial charge in [-0.2, -0.15) is 0 Å². The van der Waals surface area contributed by atoms with E-state index in [1.807, 2.05) is 30.3 Å². The number of esters is 2. The topological polar surface area (TPSA) is 98.9 Å². The van der Waals surface area contributed by atoms with Crippen LogP contribution in [-0.4, -0.2) is 55.1 Å². The highest BCUT2D eigenvalue weighted by atomic mass is 16.5. The molecule has 0 aliphatic heterocycles. The van der Waals surface area contributed by atoms with Gasteiger partial charge in [-0.1, -0.05) is 135 Å². The Morgan fingerprint density at radius 3 is 1.50 bits per heavy atom. The second-order valence-electron chi connectivity index (χ2n) is 12.3. The zero-order valence-corrected chi connectivity index (χ0v) is 28.5. The molecule has 252 valence electrons. The van der Waals surface area contributed by atoms with Crippen LogP contribution in [0.15, 0.2) is 30.3 Å². The number of nitrogens with zero attached hydrogens (tertiary/aromatic N) is 1. The lowest BCUT2D eigenvalue weighted by Crippen LogP contribution is -2.47. The van der Waals surface area contributed by atoms with Gasteiger partial charge in [0, 0.05) is 0 Å². The van der Waals surface area contributed by atoms with Gasteiger partial charge in [0.05, 0.1) is 31.0 Å². The summed E-state index contributed by atoms with van der Waals surface area (Å²) in [6.07, 6.45) is 16.8. The summed E-state index contributed by atoms with van der Waals surface area (Å²) in [5, 5.41) is 0. The fraction of sp³-hybridized carbons (Fsp3) is 0.757. The summed E-state index contributed by atoms with van der Waals surface area (Å²) in [4.78, 5) is 41.1. The third kappa shape index (κ3) is 17.8. The van der Waals surface area contributed by atoms with Crippen molar-refractivity contribution in [3.63, 3.8) is 0 Å². The van der Waals surface area contributed by atoms with Crippen molar-refractivity contribution >= 4 is 17.8 Å². The van der Waals surface area contributed by atoms with Crippen molar-refractivity contribution in [3.8, 4) is 0 Å². The first-order chi connectivity index (χ1) is 21.4. The SMILES string of the molecule is CCCCCCC(CCCC)C(=O)OCCN(CCOC(=O)C(CCCC)CCCCCC)C(=O)C(N)Cc1ccccc1. The molecule has 0 aliphatic carbocycles. The summed E-state index contributed by atoms with van der Waals surface area (Å²) in [5.41, 5.74) is 7.35. The predicted molar refractivity (Wildman–Crippen MR) is 180 cm³/mol. The minimum Gasteiger partial charge on any atom is -0.464 e. The van der Waals surface area contributed by atoms with Crippen molar-refractivity contribution in [2.24, 2.45) is 17.6 Å². The Hall–Kier alpha value is -2.41. The van der Waals surface area contributed by atoms with Crippen molar-refractivity contribution in [3.05, 3.63) is 35.9 Å². The van der Waals surface area contributed by atoms with Gasteiger partial charge >= 0.3 is 11.9 Å². The molecule has 3 atom stereocenters. The number of carbonyl (C=O) groups is 3. The summed E-state index contributed by atoms with van der Waals surface area (Å²) in [6.45, 7) is 9.27. The molecule has 1 amide bonds. The van der Waals surface area contributed by atoms with Gasteiger partial charge in [0.1, 0.15) is 13.2 Å². The van der Waals surface area contributed by atoms with Crippen LogP contribution in [0, 0.1) is 11.8 Å². The fourth-order valence-corrected chi connectivity index (χ4v) is 5.57. The highest BCUT2D eigenvalue weighted by molar-refractivity contribution is 5.82. The molecule has 7 nitrogen and oxygen atoms in total. The quantitative estimate of drug-likeness (QED) is 0.0794. The van der Waals surface area contributed by atoms with Crippen molar-refractivity contribution in [2.45, 2.75) is 143 Å². The Labute approximate surface area is 269 Å². The molecule has 3 unspecified atom stereocenters. The standard InChI is InChI=1S/C37H64N2O5/c1-5-9-13-18-24-32(22-11-7-3)36(41)43-28-26-39(35(40)34(38)30-31-20-16-15-17-21-31)27-29-44-37(42)33(23-12-8-4)25-19-14-10-6-2/h15-17,20-21,32-34H,5-14,18-19,22-30,38H2,1-4H3. The van der Waals surface area contributed by atoms with E-state index < -0.39 is 6.04 Å². The molecule has 0 saturated heterocycles. The molecular formula is C37H64N2O5. The van der Waals surface area contributed by atoms with Crippen LogP contribution < -0.4 is 5.73 Å². The molecule has 0 spiro atoms. The molecule has 1 rings (SSSR count). The maximum Gasteiger partial charge on any atom is 0.308 e. The number of hydrogen-bond donors (Lipinski definition) is 1. The summed E-state index contributed by atoms with van der Waals surface area (Å²) in [6, 6.07) is 8.95. The maximum atomic E-state index is 13.5. The van der Waals surface area contributed by atoms with Gasteiger partial charge < -0.3 is 20.1 Å². The van der Waals surface area contributed by atoms with Crippen LogP contribution in [0.3, 0.4) is 0 Å². The molecule has 0 heterocycles. The molecule has 1 aromatic carbocycles. The first-order valence-electron chi connectivity index (χ1n) is 17.8. The van der Waals surface area contributed by atoms with Gasteiger partial charge in [0.15, 0.2) is 0 Å². The second-order valence-corrected chi connectivity index (χ2v) is 12.3. The van der Waals surface area contributed by atoms with Gasteiger partial charge in [-0.25, -0.2) is 0 Å². The lowest BCUT2D eigenvalue weighted by molar-refractivity contribution is -0.152. The molecule has 1 aromatic rings. The lowest BCUT2D eigenvalue weighted by Gasteiger charge is -2.26. The molecule has 0 radical (unpaired) electrons. The second kappa shape index (κ2) is 25.9. The van der Waals surface area contributed by atoms with Crippen molar-refractivity contribution < 1.29 is 23.9 Å². The van der Waals surface area contributed by atoms with Gasteiger partial charge in [0.25, 0.3) is 0 Å². The maximum absolute atomic E-state index is 13.5. The van der Waals surface area contributed by atoms with E-state index in [1.54, 1.807) is 4.90 Å². The number of unbranched alkanes of at least 4 members (excludes halogenated alkanes) is 8. The molecular weight excluding hydrogens is 552 g/mol. The average molecular weight is 617 g/mol. The smallest absolute Gasteiger partial charge is 0.308 e. The number of ether oxygens (including phenoxy) is 2. The average Bonchev–Trinajstić information content (AvgIpc) is 3.03. The summed E-state index contributed by atoms with van der Waals surface area (Å²) in [5.74, 6) is -0.789. The molecule has 0 fully saturated rings. The number of nitrogens with two attached hydrogens (primary N) is 1. The monoisotopic (exact) mass is 616 g/mol. The number of hydrogen-bond acceptors (Lipinski definition) is 6. The van der Waals surface area contributed by atoms with Crippen LogP contribution in [-0.2, 0) is 30.3 Å². The summed E-state index contributed by atoms with van der Waals surface area (Å²) >= 11 is 0. The van der Waals surface area contributed by atoms with Crippen molar-refractivity contribution in [1.29, 1.82) is 0 Å². The first kappa shape index (κ1) is 39.6. The van der Waals surface area contributed by atoms with Crippen LogP contribution >= 0.6 is 0 Å². The molecule has 0 aromatic heterocycles. The van der Waals surface area contributed by atoms with E-state index in [2.05, 4.69) is 27.7 Å². The molecule has 2 N–H and O–H groups in total. The van der Waals surface area contributed by atoms with Crippen LogP contribution in [0.1, 0.15) is 136 Å². The van der Waals surface area contributed by atoms with Crippen molar-refractivity contribution in [2.75, 3.05) is 26.3 Å². The number of rotatable bonds is 27. The largest absolute Gasteiger partial charge is 0.464 e. The highest BCUT2D eigenvalue weighted by Gasteiger charge is 2.25. The van der Waals surface area contributed by atoms with Crippen LogP contribution in [0.25, 0.3) is 0 Å². The van der Waals surface area contributed by atoms with E-state index in [9.17, 15) is 14.4 Å². The number of carbonyl (C=O) groups excluding carboxylic acids is 3. The zero-order valence-electron chi connectivity index (χ0n) is 28.5. The predicted octanol–water partition coefficient (Wildman–Crippen LogP) is 8.03.